The first-order valence-corrected chi connectivity index (χ1v) is 11.6. The van der Waals surface area contributed by atoms with Gasteiger partial charge >= 0.3 is 5.97 Å². The summed E-state index contributed by atoms with van der Waals surface area (Å²) in [6.07, 6.45) is 8.51. The van der Waals surface area contributed by atoms with Crippen LogP contribution in [-0.4, -0.2) is 42.4 Å². The van der Waals surface area contributed by atoms with E-state index in [2.05, 4.69) is 21.3 Å². The second-order valence-electron chi connectivity index (χ2n) is 8.28. The number of carbonyl (C=O) groups is 1. The van der Waals surface area contributed by atoms with E-state index >= 15 is 0 Å². The summed E-state index contributed by atoms with van der Waals surface area (Å²) in [5.74, 6) is -0.460. The Morgan fingerprint density at radius 2 is 2.16 bits per heavy atom. The van der Waals surface area contributed by atoms with E-state index < -0.39 is 5.41 Å². The molecular formula is C23H24FN5O2S. The zero-order valence-corrected chi connectivity index (χ0v) is 18.8. The fraction of sp³-hybridized carbons (Fsp3) is 0.391. The van der Waals surface area contributed by atoms with E-state index in [4.69, 9.17) is 4.74 Å². The fourth-order valence-electron chi connectivity index (χ4n) is 4.71. The summed E-state index contributed by atoms with van der Waals surface area (Å²) in [4.78, 5) is 17.6. The van der Waals surface area contributed by atoms with E-state index in [-0.39, 0.29) is 17.0 Å². The van der Waals surface area contributed by atoms with Crippen LogP contribution < -0.4 is 0 Å². The summed E-state index contributed by atoms with van der Waals surface area (Å²) < 4.78 is 22.5. The molecule has 1 saturated carbocycles. The van der Waals surface area contributed by atoms with E-state index in [1.54, 1.807) is 34.9 Å². The number of hydrogen-bond acceptors (Lipinski definition) is 6. The van der Waals surface area contributed by atoms with Crippen LogP contribution in [0.5, 0.6) is 0 Å². The van der Waals surface area contributed by atoms with Crippen LogP contribution in [0.2, 0.25) is 0 Å². The van der Waals surface area contributed by atoms with E-state index in [0.717, 1.165) is 40.5 Å². The van der Waals surface area contributed by atoms with Crippen LogP contribution in [0.25, 0.3) is 11.8 Å². The van der Waals surface area contributed by atoms with Crippen LogP contribution >= 0.6 is 11.8 Å². The molecule has 3 aromatic rings. The number of halogens is 1. The molecule has 0 amide bonds. The summed E-state index contributed by atoms with van der Waals surface area (Å²) in [5.41, 5.74) is 3.11. The number of rotatable bonds is 5. The number of carbonyl (C=O) groups excluding carboxylic acids is 1. The van der Waals surface area contributed by atoms with Crippen molar-refractivity contribution in [2.24, 2.45) is 12.5 Å². The van der Waals surface area contributed by atoms with Crippen LogP contribution in [0.1, 0.15) is 37.4 Å². The minimum atomic E-state index is -0.704. The Bertz CT molecular complexity index is 1190. The predicted octanol–water partition coefficient (Wildman–Crippen LogP) is 3.97. The number of thioether (sulfide) groups is 1. The van der Waals surface area contributed by atoms with Crippen molar-refractivity contribution in [3.63, 3.8) is 0 Å². The summed E-state index contributed by atoms with van der Waals surface area (Å²) in [6, 6.07) is 6.27. The minimum absolute atomic E-state index is 0.175. The molecule has 0 spiro atoms. The molecule has 1 aromatic carbocycles. The molecule has 5 rings (SSSR count). The molecule has 2 heterocycles. The molecule has 32 heavy (non-hydrogen) atoms. The van der Waals surface area contributed by atoms with Gasteiger partial charge in [-0.2, -0.15) is 5.10 Å². The Morgan fingerprint density at radius 1 is 1.34 bits per heavy atom. The van der Waals surface area contributed by atoms with Crippen molar-refractivity contribution in [3.05, 3.63) is 59.4 Å². The van der Waals surface area contributed by atoms with Gasteiger partial charge in [-0.15, -0.1) is 5.10 Å². The smallest absolute Gasteiger partial charge is 0.316 e. The zero-order valence-electron chi connectivity index (χ0n) is 18.0. The number of aromatic nitrogens is 5. The molecule has 0 N–H and O–H groups in total. The maximum atomic E-state index is 13.4. The quantitative estimate of drug-likeness (QED) is 0.544. The number of benzene rings is 1. The molecule has 2 aliphatic rings. The number of hydrogen-bond donors (Lipinski definition) is 0. The van der Waals surface area contributed by atoms with Gasteiger partial charge in [0.05, 0.1) is 29.6 Å². The lowest BCUT2D eigenvalue weighted by Crippen LogP contribution is -2.44. The van der Waals surface area contributed by atoms with Crippen molar-refractivity contribution in [1.29, 1.82) is 0 Å². The van der Waals surface area contributed by atoms with Gasteiger partial charge in [0.25, 0.3) is 0 Å². The monoisotopic (exact) mass is 453 g/mol. The first-order valence-electron chi connectivity index (χ1n) is 10.7. The van der Waals surface area contributed by atoms with Gasteiger partial charge in [-0.25, -0.2) is 14.1 Å². The summed E-state index contributed by atoms with van der Waals surface area (Å²) in [5, 5.41) is 9.88. The third kappa shape index (κ3) is 3.64. The maximum absolute atomic E-state index is 13.4. The van der Waals surface area contributed by atoms with Gasteiger partial charge in [-0.3, -0.25) is 9.48 Å². The number of aryl methyl sites for hydroxylation is 1. The molecule has 7 nitrogen and oxygen atoms in total. The molecule has 2 aromatic heterocycles. The molecule has 9 heteroatoms. The topological polar surface area (TPSA) is 74.8 Å². The Morgan fingerprint density at radius 3 is 2.88 bits per heavy atom. The molecule has 2 atom stereocenters. The lowest BCUT2D eigenvalue weighted by atomic mass is 9.64. The third-order valence-corrected chi connectivity index (χ3v) is 7.34. The Labute approximate surface area is 189 Å². The summed E-state index contributed by atoms with van der Waals surface area (Å²) in [7, 11) is 1.85. The van der Waals surface area contributed by atoms with Crippen LogP contribution in [-0.2, 0) is 23.0 Å². The molecule has 0 radical (unpaired) electrons. The van der Waals surface area contributed by atoms with Gasteiger partial charge in [0.2, 0.25) is 5.16 Å². The summed E-state index contributed by atoms with van der Waals surface area (Å²) >= 11 is 1.63. The highest BCUT2D eigenvalue weighted by Gasteiger charge is 2.50. The molecule has 0 aliphatic heterocycles. The zero-order chi connectivity index (χ0) is 22.3. The minimum Gasteiger partial charge on any atom is -0.465 e. The highest BCUT2D eigenvalue weighted by atomic mass is 32.2. The van der Waals surface area contributed by atoms with Gasteiger partial charge in [0, 0.05) is 12.3 Å². The Hall–Kier alpha value is -2.94. The fourth-order valence-corrected chi connectivity index (χ4v) is 5.90. The van der Waals surface area contributed by atoms with E-state index in [0.29, 0.717) is 19.4 Å². The van der Waals surface area contributed by atoms with Crippen molar-refractivity contribution in [2.45, 2.75) is 43.0 Å². The van der Waals surface area contributed by atoms with Gasteiger partial charge in [-0.05, 0) is 68.5 Å². The number of fused-ring (bicyclic) bond motifs is 2. The number of ether oxygens (including phenoxy) is 1. The van der Waals surface area contributed by atoms with Crippen molar-refractivity contribution >= 4 is 23.8 Å². The molecular weight excluding hydrogens is 429 g/mol. The third-order valence-electron chi connectivity index (χ3n) is 6.20. The average molecular weight is 454 g/mol. The first kappa shape index (κ1) is 20.9. The van der Waals surface area contributed by atoms with E-state index in [9.17, 15) is 9.18 Å². The molecule has 0 bridgehead atoms. The molecule has 2 aliphatic carbocycles. The van der Waals surface area contributed by atoms with E-state index in [1.807, 2.05) is 24.9 Å². The van der Waals surface area contributed by atoms with Crippen LogP contribution in [0.15, 0.2) is 47.5 Å². The largest absolute Gasteiger partial charge is 0.465 e. The molecule has 0 saturated heterocycles. The lowest BCUT2D eigenvalue weighted by molar-refractivity contribution is -0.154. The van der Waals surface area contributed by atoms with Crippen molar-refractivity contribution in [3.8, 4) is 5.69 Å². The van der Waals surface area contributed by atoms with Gasteiger partial charge < -0.3 is 4.74 Å². The average Bonchev–Trinajstić information content (AvgIpc) is 3.38. The summed E-state index contributed by atoms with van der Waals surface area (Å²) in [6.45, 7) is 2.18. The van der Waals surface area contributed by atoms with Crippen molar-refractivity contribution < 1.29 is 13.9 Å². The second kappa shape index (κ2) is 8.20. The first-order chi connectivity index (χ1) is 15.5. The number of esters is 1. The lowest BCUT2D eigenvalue weighted by Gasteiger charge is -2.42. The predicted molar refractivity (Wildman–Crippen MR) is 119 cm³/mol. The molecule has 0 unspecified atom stereocenters. The van der Waals surface area contributed by atoms with Crippen LogP contribution in [0.4, 0.5) is 4.39 Å². The highest BCUT2D eigenvalue weighted by Crippen LogP contribution is 2.52. The van der Waals surface area contributed by atoms with Gasteiger partial charge in [0.1, 0.15) is 12.1 Å². The Kier molecular flexibility index (Phi) is 5.36. The highest BCUT2D eigenvalue weighted by molar-refractivity contribution is 7.99. The van der Waals surface area contributed by atoms with Crippen molar-refractivity contribution in [1.82, 2.24) is 24.5 Å². The molecule has 1 fully saturated rings. The second-order valence-corrected chi connectivity index (χ2v) is 9.54. The van der Waals surface area contributed by atoms with Crippen molar-refractivity contribution in [2.75, 3.05) is 6.61 Å². The van der Waals surface area contributed by atoms with Gasteiger partial charge in [0.15, 0.2) is 0 Å². The van der Waals surface area contributed by atoms with Crippen LogP contribution in [0.3, 0.4) is 0 Å². The molecule has 166 valence electrons. The van der Waals surface area contributed by atoms with Crippen LogP contribution in [0, 0.1) is 11.2 Å². The standard InChI is InChI=1S/C23H24FN5O2S/c1-3-31-21(30)23-11-15-13-26-29(18-7-5-17(24)6-8-18)20(15)10-16(23)4-9-19(12-23)32-22-25-14-28(2)27-22/h5-8,10,13-14,19H,3-4,9,11-12H2,1-2H3/t19-,23-/m0/s1. The van der Waals surface area contributed by atoms with E-state index in [1.165, 1.54) is 12.1 Å². The number of nitrogens with zero attached hydrogens (tertiary/aromatic N) is 5. The normalized spacial score (nSPS) is 22.1. The SMILES string of the molecule is CCOC(=O)[C@]12Cc3cnn(-c4ccc(F)cc4)c3C=C1CC[C@H](Sc1ncn(C)n1)C2. The van der Waals surface area contributed by atoms with Gasteiger partial charge in [-0.1, -0.05) is 17.3 Å². The Balaban J connectivity index is 1.49. The maximum Gasteiger partial charge on any atom is 0.316 e.